The minimum atomic E-state index is -0.587. The van der Waals surface area contributed by atoms with Gasteiger partial charge in [-0.25, -0.2) is 0 Å². The van der Waals surface area contributed by atoms with Crippen molar-refractivity contribution in [3.8, 4) is 0 Å². The number of aliphatic hydroxyl groups is 1. The van der Waals surface area contributed by atoms with E-state index in [-0.39, 0.29) is 24.9 Å². The number of rotatable bonds is 5. The van der Waals surface area contributed by atoms with Crippen molar-refractivity contribution in [1.29, 1.82) is 0 Å². The van der Waals surface area contributed by atoms with Crippen LogP contribution in [0.4, 0.5) is 0 Å². The van der Waals surface area contributed by atoms with Crippen molar-refractivity contribution in [3.05, 3.63) is 34.3 Å². The lowest BCUT2D eigenvalue weighted by Crippen LogP contribution is -2.40. The summed E-state index contributed by atoms with van der Waals surface area (Å²) in [7, 11) is 1.58. The summed E-state index contributed by atoms with van der Waals surface area (Å²) >= 11 is 3.28. The lowest BCUT2D eigenvalue weighted by molar-refractivity contribution is -0.129. The summed E-state index contributed by atoms with van der Waals surface area (Å²) in [5.41, 5.74) is 0.495. The van der Waals surface area contributed by atoms with Crippen LogP contribution in [0.3, 0.4) is 0 Å². The topological polar surface area (TPSA) is 69.6 Å². The zero-order chi connectivity index (χ0) is 14.4. The van der Waals surface area contributed by atoms with Crippen molar-refractivity contribution in [2.75, 3.05) is 20.1 Å². The molecule has 0 heterocycles. The summed E-state index contributed by atoms with van der Waals surface area (Å²) in [4.78, 5) is 24.8. The van der Waals surface area contributed by atoms with Gasteiger partial charge in [0, 0.05) is 23.6 Å². The largest absolute Gasteiger partial charge is 0.392 e. The first-order chi connectivity index (χ1) is 8.90. The van der Waals surface area contributed by atoms with Crippen LogP contribution in [0.1, 0.15) is 17.3 Å². The number of carbonyl (C=O) groups excluding carboxylic acids is 2. The SMILES string of the molecule is CC(O)CN(C)C(=O)CNC(=O)c1ccc(Br)cc1. The monoisotopic (exact) mass is 328 g/mol. The first-order valence-corrected chi connectivity index (χ1v) is 6.65. The molecule has 0 saturated carbocycles. The molecule has 2 N–H and O–H groups in total. The molecule has 1 aromatic carbocycles. The van der Waals surface area contributed by atoms with Gasteiger partial charge in [0.1, 0.15) is 0 Å². The van der Waals surface area contributed by atoms with Crippen molar-refractivity contribution < 1.29 is 14.7 Å². The molecule has 0 aliphatic rings. The summed E-state index contributed by atoms with van der Waals surface area (Å²) in [6, 6.07) is 6.86. The predicted octanol–water partition coefficient (Wildman–Crippen LogP) is 1.02. The third kappa shape index (κ3) is 5.40. The van der Waals surface area contributed by atoms with Gasteiger partial charge < -0.3 is 15.3 Å². The molecule has 1 rings (SSSR count). The second-order valence-corrected chi connectivity index (χ2v) is 5.23. The van der Waals surface area contributed by atoms with Crippen molar-refractivity contribution in [2.24, 2.45) is 0 Å². The van der Waals surface area contributed by atoms with Crippen LogP contribution in [0.25, 0.3) is 0 Å². The molecule has 104 valence electrons. The molecule has 0 bridgehead atoms. The molecule has 0 fully saturated rings. The summed E-state index contributed by atoms with van der Waals surface area (Å²) in [5, 5.41) is 11.7. The summed E-state index contributed by atoms with van der Waals surface area (Å²) in [6.45, 7) is 1.76. The molecule has 0 spiro atoms. The Kier molecular flexibility index (Phi) is 5.98. The van der Waals surface area contributed by atoms with E-state index in [4.69, 9.17) is 5.11 Å². The van der Waals surface area contributed by atoms with Gasteiger partial charge in [0.15, 0.2) is 0 Å². The molecule has 19 heavy (non-hydrogen) atoms. The highest BCUT2D eigenvalue weighted by molar-refractivity contribution is 9.10. The molecule has 0 radical (unpaired) electrons. The highest BCUT2D eigenvalue weighted by Gasteiger charge is 2.12. The number of likely N-dealkylation sites (N-methyl/N-ethyl adjacent to an activating group) is 1. The molecule has 1 aromatic rings. The Morgan fingerprint density at radius 2 is 1.95 bits per heavy atom. The predicted molar refractivity (Wildman–Crippen MR) is 75.8 cm³/mol. The molecular weight excluding hydrogens is 312 g/mol. The fourth-order valence-corrected chi connectivity index (χ4v) is 1.76. The molecule has 1 unspecified atom stereocenters. The fraction of sp³-hybridized carbons (Fsp3) is 0.385. The van der Waals surface area contributed by atoms with Crippen LogP contribution in [0.15, 0.2) is 28.7 Å². The van der Waals surface area contributed by atoms with Crippen molar-refractivity contribution in [2.45, 2.75) is 13.0 Å². The molecule has 5 nitrogen and oxygen atoms in total. The highest BCUT2D eigenvalue weighted by atomic mass is 79.9. The van der Waals surface area contributed by atoms with Crippen LogP contribution in [-0.4, -0.2) is 48.1 Å². The lowest BCUT2D eigenvalue weighted by Gasteiger charge is -2.18. The average molecular weight is 329 g/mol. The summed E-state index contributed by atoms with van der Waals surface area (Å²) in [5.74, 6) is -0.544. The zero-order valence-electron chi connectivity index (χ0n) is 10.9. The van der Waals surface area contributed by atoms with Gasteiger partial charge in [0.05, 0.1) is 12.6 Å². The third-order valence-electron chi connectivity index (χ3n) is 2.47. The zero-order valence-corrected chi connectivity index (χ0v) is 12.5. The van der Waals surface area contributed by atoms with Crippen LogP contribution in [0, 0.1) is 0 Å². The van der Waals surface area contributed by atoms with Crippen molar-refractivity contribution >= 4 is 27.7 Å². The van der Waals surface area contributed by atoms with Crippen LogP contribution in [0.5, 0.6) is 0 Å². The average Bonchev–Trinajstić information content (AvgIpc) is 2.35. The second kappa shape index (κ2) is 7.25. The number of halogens is 1. The van der Waals surface area contributed by atoms with E-state index >= 15 is 0 Å². The van der Waals surface area contributed by atoms with Crippen LogP contribution >= 0.6 is 15.9 Å². The molecule has 0 aromatic heterocycles. The maximum absolute atomic E-state index is 11.8. The number of benzene rings is 1. The van der Waals surface area contributed by atoms with Gasteiger partial charge in [-0.15, -0.1) is 0 Å². The van der Waals surface area contributed by atoms with E-state index in [1.54, 1.807) is 38.2 Å². The summed E-state index contributed by atoms with van der Waals surface area (Å²) < 4.78 is 0.886. The molecule has 1 atom stereocenters. The molecule has 0 aliphatic heterocycles. The highest BCUT2D eigenvalue weighted by Crippen LogP contribution is 2.10. The van der Waals surface area contributed by atoms with Crippen LogP contribution < -0.4 is 5.32 Å². The molecule has 0 saturated heterocycles. The summed E-state index contributed by atoms with van der Waals surface area (Å²) in [6.07, 6.45) is -0.587. The van der Waals surface area contributed by atoms with Gasteiger partial charge in [-0.2, -0.15) is 0 Å². The Morgan fingerprint density at radius 3 is 2.47 bits per heavy atom. The van der Waals surface area contributed by atoms with Gasteiger partial charge in [-0.1, -0.05) is 15.9 Å². The Hall–Kier alpha value is -1.40. The Bertz CT molecular complexity index is 446. The van der Waals surface area contributed by atoms with Crippen molar-refractivity contribution in [1.82, 2.24) is 10.2 Å². The second-order valence-electron chi connectivity index (χ2n) is 4.31. The number of carbonyl (C=O) groups is 2. The molecular formula is C13H17BrN2O3. The lowest BCUT2D eigenvalue weighted by atomic mass is 10.2. The number of hydrogen-bond donors (Lipinski definition) is 2. The van der Waals surface area contributed by atoms with Gasteiger partial charge in [0.25, 0.3) is 5.91 Å². The van der Waals surface area contributed by atoms with E-state index in [0.29, 0.717) is 5.56 Å². The van der Waals surface area contributed by atoms with Crippen molar-refractivity contribution in [3.63, 3.8) is 0 Å². The number of nitrogens with zero attached hydrogens (tertiary/aromatic N) is 1. The fourth-order valence-electron chi connectivity index (χ4n) is 1.49. The van der Waals surface area contributed by atoms with E-state index in [9.17, 15) is 9.59 Å². The first kappa shape index (κ1) is 15.7. The van der Waals surface area contributed by atoms with Crippen LogP contribution in [-0.2, 0) is 4.79 Å². The van der Waals surface area contributed by atoms with E-state index in [1.807, 2.05) is 0 Å². The van der Waals surface area contributed by atoms with E-state index in [2.05, 4.69) is 21.2 Å². The standard InChI is InChI=1S/C13H17BrN2O3/c1-9(17)8-16(2)12(18)7-15-13(19)10-3-5-11(14)6-4-10/h3-6,9,17H,7-8H2,1-2H3,(H,15,19). The quantitative estimate of drug-likeness (QED) is 0.847. The number of amides is 2. The Labute approximate surface area is 120 Å². The molecule has 0 aliphatic carbocycles. The van der Waals surface area contributed by atoms with Gasteiger partial charge in [0.2, 0.25) is 5.91 Å². The molecule has 2 amide bonds. The molecule has 6 heteroatoms. The Balaban J connectivity index is 2.46. The van der Waals surface area contributed by atoms with E-state index in [0.717, 1.165) is 4.47 Å². The normalized spacial score (nSPS) is 11.8. The number of aliphatic hydroxyl groups excluding tert-OH is 1. The smallest absolute Gasteiger partial charge is 0.251 e. The van der Waals surface area contributed by atoms with Gasteiger partial charge in [-0.05, 0) is 31.2 Å². The maximum atomic E-state index is 11.8. The van der Waals surface area contributed by atoms with Gasteiger partial charge in [-0.3, -0.25) is 9.59 Å². The Morgan fingerprint density at radius 1 is 1.37 bits per heavy atom. The van der Waals surface area contributed by atoms with Crippen LogP contribution in [0.2, 0.25) is 0 Å². The maximum Gasteiger partial charge on any atom is 0.251 e. The number of nitrogens with one attached hydrogen (secondary N) is 1. The first-order valence-electron chi connectivity index (χ1n) is 5.86. The minimum Gasteiger partial charge on any atom is -0.392 e. The van der Waals surface area contributed by atoms with E-state index in [1.165, 1.54) is 4.90 Å². The number of hydrogen-bond acceptors (Lipinski definition) is 3. The van der Waals surface area contributed by atoms with E-state index < -0.39 is 6.10 Å². The van der Waals surface area contributed by atoms with Gasteiger partial charge >= 0.3 is 0 Å². The third-order valence-corrected chi connectivity index (χ3v) is 3.00. The minimum absolute atomic E-state index is 0.0852.